The average Bonchev–Trinajstić information content (AvgIpc) is 1.62. The number of carbonyl (C=O) groups is 1. The largest absolute Gasteiger partial charge is 0.358 e. The fourth-order valence-electron chi connectivity index (χ4n) is 0.237. The molecule has 0 bridgehead atoms. The quantitative estimate of drug-likeness (QED) is 0.365. The van der Waals surface area contributed by atoms with Gasteiger partial charge in [-0.1, -0.05) is 0 Å². The molecule has 0 unspecified atom stereocenters. The van der Waals surface area contributed by atoms with E-state index in [0.29, 0.717) is 0 Å². The van der Waals surface area contributed by atoms with Crippen molar-refractivity contribution in [3.63, 3.8) is 0 Å². The zero-order valence-corrected chi connectivity index (χ0v) is 4.80. The molecule has 48 valence electrons. The lowest BCUT2D eigenvalue weighted by atomic mass is 10.3. The number of aliphatic hydroxyl groups is 2. The summed E-state index contributed by atoms with van der Waals surface area (Å²) in [5, 5.41) is 18.9. The molecule has 0 aromatic heterocycles. The molecule has 4 heteroatoms. The van der Waals surface area contributed by atoms with E-state index in [-0.39, 0.29) is 0 Å². The molecule has 0 aromatic carbocycles. The fourth-order valence-corrected chi connectivity index (χ4v) is 0.237. The van der Waals surface area contributed by atoms with Crippen molar-refractivity contribution >= 4 is 5.91 Å². The Labute approximate surface area is 47.1 Å². The SMILES string of the molecule is CNC(=O)C(C)(O)O. The summed E-state index contributed by atoms with van der Waals surface area (Å²) in [7, 11) is 1.33. The second-order valence-corrected chi connectivity index (χ2v) is 1.60. The molecule has 3 N–H and O–H groups in total. The van der Waals surface area contributed by atoms with E-state index in [2.05, 4.69) is 5.32 Å². The first-order valence-corrected chi connectivity index (χ1v) is 2.15. The summed E-state index contributed by atoms with van der Waals surface area (Å²) in [6.07, 6.45) is 0. The highest BCUT2D eigenvalue weighted by Crippen LogP contribution is 1.93. The van der Waals surface area contributed by atoms with Gasteiger partial charge < -0.3 is 15.5 Å². The Balaban J connectivity index is 3.82. The maximum atomic E-state index is 10.2. The van der Waals surface area contributed by atoms with Crippen LogP contribution in [0.4, 0.5) is 0 Å². The molecule has 0 radical (unpaired) electrons. The van der Waals surface area contributed by atoms with E-state index in [9.17, 15) is 4.79 Å². The van der Waals surface area contributed by atoms with Gasteiger partial charge in [-0.25, -0.2) is 0 Å². The maximum Gasteiger partial charge on any atom is 0.279 e. The van der Waals surface area contributed by atoms with Crippen LogP contribution in [0.1, 0.15) is 6.92 Å². The van der Waals surface area contributed by atoms with Gasteiger partial charge in [-0.3, -0.25) is 4.79 Å². The third kappa shape index (κ3) is 1.90. The van der Waals surface area contributed by atoms with Crippen LogP contribution in [0, 0.1) is 0 Å². The van der Waals surface area contributed by atoms with E-state index in [4.69, 9.17) is 10.2 Å². The zero-order valence-electron chi connectivity index (χ0n) is 4.80. The van der Waals surface area contributed by atoms with Crippen LogP contribution in [-0.4, -0.2) is 29.0 Å². The van der Waals surface area contributed by atoms with E-state index >= 15 is 0 Å². The monoisotopic (exact) mass is 119 g/mol. The zero-order chi connectivity index (χ0) is 6.78. The lowest BCUT2D eigenvalue weighted by molar-refractivity contribution is -0.177. The van der Waals surface area contributed by atoms with Gasteiger partial charge in [0, 0.05) is 7.05 Å². The molecule has 0 rings (SSSR count). The van der Waals surface area contributed by atoms with Crippen LogP contribution in [0.3, 0.4) is 0 Å². The summed E-state index contributed by atoms with van der Waals surface area (Å²) in [6, 6.07) is 0. The molecule has 4 nitrogen and oxygen atoms in total. The van der Waals surface area contributed by atoms with Crippen molar-refractivity contribution in [2.45, 2.75) is 12.7 Å². The number of likely N-dealkylation sites (N-methyl/N-ethyl adjacent to an activating group) is 1. The van der Waals surface area contributed by atoms with Gasteiger partial charge in [-0.2, -0.15) is 0 Å². The molecule has 0 aromatic rings. The Bertz CT molecular complexity index is 93.9. The minimum atomic E-state index is -2.24. The molecule has 0 aliphatic carbocycles. The van der Waals surface area contributed by atoms with E-state index in [1.54, 1.807) is 0 Å². The van der Waals surface area contributed by atoms with Gasteiger partial charge in [-0.05, 0) is 6.92 Å². The van der Waals surface area contributed by atoms with Crippen molar-refractivity contribution in [1.82, 2.24) is 5.32 Å². The minimum absolute atomic E-state index is 0.808. The average molecular weight is 119 g/mol. The van der Waals surface area contributed by atoms with Gasteiger partial charge >= 0.3 is 0 Å². The van der Waals surface area contributed by atoms with Gasteiger partial charge in [-0.15, -0.1) is 0 Å². The minimum Gasteiger partial charge on any atom is -0.358 e. The third-order valence-corrected chi connectivity index (χ3v) is 0.657. The van der Waals surface area contributed by atoms with Crippen molar-refractivity contribution in [3.05, 3.63) is 0 Å². The molecule has 0 spiro atoms. The Hall–Kier alpha value is -0.610. The van der Waals surface area contributed by atoms with Crippen LogP contribution in [0.25, 0.3) is 0 Å². The summed E-state index contributed by atoms with van der Waals surface area (Å²) in [4.78, 5) is 10.2. The van der Waals surface area contributed by atoms with Crippen LogP contribution < -0.4 is 5.32 Å². The predicted octanol–water partition coefficient (Wildman–Crippen LogP) is -1.57. The lowest BCUT2D eigenvalue weighted by Crippen LogP contribution is -2.42. The summed E-state index contributed by atoms with van der Waals surface area (Å²) in [5.41, 5.74) is 0. The third-order valence-electron chi connectivity index (χ3n) is 0.657. The van der Waals surface area contributed by atoms with Gasteiger partial charge in [0.2, 0.25) is 5.79 Å². The van der Waals surface area contributed by atoms with E-state index in [0.717, 1.165) is 6.92 Å². The van der Waals surface area contributed by atoms with Crippen molar-refractivity contribution < 1.29 is 15.0 Å². The molecule has 0 aliphatic heterocycles. The Morgan fingerprint density at radius 3 is 2.00 bits per heavy atom. The second-order valence-electron chi connectivity index (χ2n) is 1.60. The maximum absolute atomic E-state index is 10.2. The highest BCUT2D eigenvalue weighted by Gasteiger charge is 2.24. The molecule has 1 amide bonds. The molecule has 8 heavy (non-hydrogen) atoms. The molecule has 0 saturated carbocycles. The summed E-state index contributed by atoms with van der Waals surface area (Å²) >= 11 is 0. The van der Waals surface area contributed by atoms with Crippen molar-refractivity contribution in [2.24, 2.45) is 0 Å². The molecule has 0 heterocycles. The highest BCUT2D eigenvalue weighted by atomic mass is 16.5. The van der Waals surface area contributed by atoms with Crippen molar-refractivity contribution in [1.29, 1.82) is 0 Å². The smallest absolute Gasteiger partial charge is 0.279 e. The number of hydrogen-bond donors (Lipinski definition) is 3. The summed E-state index contributed by atoms with van der Waals surface area (Å²) < 4.78 is 0. The molecule has 0 fully saturated rings. The molecule has 0 aliphatic rings. The van der Waals surface area contributed by atoms with Crippen molar-refractivity contribution in [2.75, 3.05) is 7.05 Å². The summed E-state index contributed by atoms with van der Waals surface area (Å²) in [5.74, 6) is -3.05. The topological polar surface area (TPSA) is 69.6 Å². The fraction of sp³-hybridized carbons (Fsp3) is 0.750. The molecular weight excluding hydrogens is 110 g/mol. The normalized spacial score (nSPS) is 11.0. The molecular formula is C4H9NO3. The van der Waals surface area contributed by atoms with Gasteiger partial charge in [0.15, 0.2) is 0 Å². The Morgan fingerprint density at radius 2 is 2.00 bits per heavy atom. The standard InChI is InChI=1S/C4H9NO3/c1-4(7,8)3(6)5-2/h7-8H,1-2H3,(H,5,6). The first-order chi connectivity index (χ1) is 3.48. The first kappa shape index (κ1) is 7.39. The molecule has 0 saturated heterocycles. The van der Waals surface area contributed by atoms with Crippen LogP contribution >= 0.6 is 0 Å². The number of amides is 1. The lowest BCUT2D eigenvalue weighted by Gasteiger charge is -2.11. The highest BCUT2D eigenvalue weighted by molar-refractivity contribution is 5.82. The van der Waals surface area contributed by atoms with Crippen molar-refractivity contribution in [3.8, 4) is 0 Å². The first-order valence-electron chi connectivity index (χ1n) is 2.15. The van der Waals surface area contributed by atoms with Crippen LogP contribution in [-0.2, 0) is 4.79 Å². The van der Waals surface area contributed by atoms with Crippen LogP contribution in [0.5, 0.6) is 0 Å². The van der Waals surface area contributed by atoms with Gasteiger partial charge in [0.1, 0.15) is 0 Å². The van der Waals surface area contributed by atoms with Crippen LogP contribution in [0.2, 0.25) is 0 Å². The predicted molar refractivity (Wildman–Crippen MR) is 26.9 cm³/mol. The van der Waals surface area contributed by atoms with E-state index in [1.165, 1.54) is 7.05 Å². The van der Waals surface area contributed by atoms with E-state index < -0.39 is 11.7 Å². The summed E-state index contributed by atoms with van der Waals surface area (Å²) in [6.45, 7) is 0.992. The second kappa shape index (κ2) is 2.11. The molecule has 0 atom stereocenters. The van der Waals surface area contributed by atoms with Gasteiger partial charge in [0.05, 0.1) is 0 Å². The number of nitrogens with one attached hydrogen (secondary N) is 1. The number of carbonyl (C=O) groups excluding carboxylic acids is 1. The van der Waals surface area contributed by atoms with Gasteiger partial charge in [0.25, 0.3) is 5.91 Å². The Morgan fingerprint density at radius 1 is 1.62 bits per heavy atom. The Kier molecular flexibility index (Phi) is 1.94. The number of rotatable bonds is 1. The van der Waals surface area contributed by atoms with E-state index in [1.807, 2.05) is 0 Å². The van der Waals surface area contributed by atoms with Crippen LogP contribution in [0.15, 0.2) is 0 Å². The number of hydrogen-bond acceptors (Lipinski definition) is 3.